The fraction of sp³-hybridized carbons (Fsp3) is 0.238. The number of hydrogen-bond donors (Lipinski definition) is 1. The van der Waals surface area contributed by atoms with Gasteiger partial charge in [0.1, 0.15) is 11.7 Å². The number of aromatic nitrogens is 8. The van der Waals surface area contributed by atoms with Crippen molar-refractivity contribution in [3.05, 3.63) is 71.5 Å². The van der Waals surface area contributed by atoms with E-state index < -0.39 is 6.04 Å². The zero-order valence-corrected chi connectivity index (χ0v) is 17.4. The number of carbonyl (C=O) groups is 1. The molecule has 0 aromatic carbocycles. The van der Waals surface area contributed by atoms with Crippen molar-refractivity contribution >= 4 is 11.4 Å². The summed E-state index contributed by atoms with van der Waals surface area (Å²) in [6.45, 7) is 2.50. The summed E-state index contributed by atoms with van der Waals surface area (Å²) in [5.74, 6) is -0.257. The molecule has 0 saturated heterocycles. The predicted octanol–water partition coefficient (Wildman–Crippen LogP) is 1.94. The number of fused-ring (bicyclic) bond motifs is 2. The monoisotopic (exact) mass is 429 g/mol. The molecule has 6 heterocycles. The molecule has 160 valence electrons. The number of amides is 1. The van der Waals surface area contributed by atoms with Crippen LogP contribution >= 0.6 is 0 Å². The van der Waals surface area contributed by atoms with Crippen LogP contribution in [0.25, 0.3) is 17.1 Å². The molecule has 32 heavy (non-hydrogen) atoms. The van der Waals surface area contributed by atoms with E-state index in [1.807, 2.05) is 31.3 Å². The van der Waals surface area contributed by atoms with Gasteiger partial charge in [0.25, 0.3) is 5.89 Å². The Bertz CT molecular complexity index is 1460. The first kappa shape index (κ1) is 18.5. The molecule has 0 bridgehead atoms. The molecule has 1 aliphatic heterocycles. The highest BCUT2D eigenvalue weighted by Gasteiger charge is 2.38. The predicted molar refractivity (Wildman–Crippen MR) is 112 cm³/mol. The van der Waals surface area contributed by atoms with Crippen molar-refractivity contribution in [1.29, 1.82) is 0 Å². The van der Waals surface area contributed by atoms with Crippen molar-refractivity contribution < 1.29 is 9.21 Å². The second kappa shape index (κ2) is 6.87. The molecule has 1 unspecified atom stereocenters. The number of carbonyl (C=O) groups excluding carboxylic acids is 1. The first-order valence-electron chi connectivity index (χ1n) is 10.2. The van der Waals surface area contributed by atoms with E-state index in [0.717, 1.165) is 28.2 Å². The summed E-state index contributed by atoms with van der Waals surface area (Å²) in [6, 6.07) is 7.30. The van der Waals surface area contributed by atoms with Crippen LogP contribution in [-0.4, -0.2) is 56.9 Å². The van der Waals surface area contributed by atoms with Crippen LogP contribution in [0.15, 0.2) is 47.4 Å². The smallest absolute Gasteiger partial charge is 0.312 e. The third-order valence-electron chi connectivity index (χ3n) is 5.64. The molecular formula is C21H19N9O2. The van der Waals surface area contributed by atoms with Gasteiger partial charge < -0.3 is 14.3 Å². The molecule has 0 aliphatic carbocycles. The average molecular weight is 429 g/mol. The number of imidazole rings is 1. The Kier molecular flexibility index (Phi) is 3.97. The quantitative estimate of drug-likeness (QED) is 0.465. The summed E-state index contributed by atoms with van der Waals surface area (Å²) in [6.07, 6.45) is 5.97. The highest BCUT2D eigenvalue weighted by Crippen LogP contribution is 2.34. The van der Waals surface area contributed by atoms with E-state index in [9.17, 15) is 4.79 Å². The van der Waals surface area contributed by atoms with Gasteiger partial charge in [0.05, 0.1) is 23.2 Å². The van der Waals surface area contributed by atoms with Gasteiger partial charge in [-0.2, -0.15) is 10.2 Å². The SMILES string of the molecule is Cc1ccn2nc(C3c4nc[nH]c4CCN3C(=O)c3nnc(-c4ccn(C)n4)o3)cc2c1. The first-order chi connectivity index (χ1) is 15.6. The zero-order valence-electron chi connectivity index (χ0n) is 17.4. The van der Waals surface area contributed by atoms with Crippen LogP contribution < -0.4 is 0 Å². The highest BCUT2D eigenvalue weighted by atomic mass is 16.4. The molecule has 1 aliphatic rings. The van der Waals surface area contributed by atoms with Gasteiger partial charge in [0.15, 0.2) is 0 Å². The highest BCUT2D eigenvalue weighted by molar-refractivity contribution is 5.90. The number of aryl methyl sites for hydroxylation is 2. The number of nitrogens with one attached hydrogen (secondary N) is 1. The number of hydrogen-bond acceptors (Lipinski definition) is 7. The Morgan fingerprint density at radius 1 is 1.19 bits per heavy atom. The van der Waals surface area contributed by atoms with Crippen molar-refractivity contribution in [2.24, 2.45) is 7.05 Å². The third-order valence-corrected chi connectivity index (χ3v) is 5.64. The molecular weight excluding hydrogens is 410 g/mol. The van der Waals surface area contributed by atoms with Crippen molar-refractivity contribution in [2.75, 3.05) is 6.54 Å². The van der Waals surface area contributed by atoms with Crippen LogP contribution in [0.1, 0.15) is 39.4 Å². The Balaban J connectivity index is 1.40. The summed E-state index contributed by atoms with van der Waals surface area (Å²) in [5, 5.41) is 17.0. The van der Waals surface area contributed by atoms with Crippen LogP contribution in [0.3, 0.4) is 0 Å². The van der Waals surface area contributed by atoms with Gasteiger partial charge in [-0.1, -0.05) is 0 Å². The summed E-state index contributed by atoms with van der Waals surface area (Å²) < 4.78 is 9.12. The van der Waals surface area contributed by atoms with Gasteiger partial charge >= 0.3 is 11.8 Å². The van der Waals surface area contributed by atoms with Crippen LogP contribution in [0.4, 0.5) is 0 Å². The second-order valence-corrected chi connectivity index (χ2v) is 7.85. The molecule has 1 N–H and O–H groups in total. The molecule has 5 aromatic heterocycles. The largest absolute Gasteiger partial charge is 0.411 e. The molecule has 0 radical (unpaired) electrons. The summed E-state index contributed by atoms with van der Waals surface area (Å²) >= 11 is 0. The maximum absolute atomic E-state index is 13.5. The fourth-order valence-corrected chi connectivity index (χ4v) is 4.12. The van der Waals surface area contributed by atoms with E-state index in [2.05, 4.69) is 25.3 Å². The molecule has 11 heteroatoms. The van der Waals surface area contributed by atoms with Gasteiger partial charge in [-0.05, 0) is 36.8 Å². The maximum Gasteiger partial charge on any atom is 0.312 e. The number of H-pyrrole nitrogens is 1. The maximum atomic E-state index is 13.5. The Labute approximate surface area is 181 Å². The van der Waals surface area contributed by atoms with Gasteiger partial charge in [0.2, 0.25) is 0 Å². The minimum Gasteiger partial charge on any atom is -0.411 e. The van der Waals surface area contributed by atoms with Crippen molar-refractivity contribution in [3.63, 3.8) is 0 Å². The molecule has 5 aromatic rings. The topological polar surface area (TPSA) is 123 Å². The minimum absolute atomic E-state index is 0.0887. The molecule has 1 amide bonds. The molecule has 1 atom stereocenters. The number of nitrogens with zero attached hydrogens (tertiary/aromatic N) is 8. The summed E-state index contributed by atoms with van der Waals surface area (Å²) in [5.41, 5.74) is 5.08. The lowest BCUT2D eigenvalue weighted by Gasteiger charge is -2.32. The van der Waals surface area contributed by atoms with Crippen molar-refractivity contribution in [2.45, 2.75) is 19.4 Å². The fourth-order valence-electron chi connectivity index (χ4n) is 4.12. The standard InChI is InChI=1S/C21H19N9O2/c1-12-3-8-30-13(9-12)10-16(27-30)18-17-14(22-11-23-17)5-7-29(18)21(31)20-25-24-19(32-20)15-4-6-28(2)26-15/h3-4,6,8-11,18H,5,7H2,1-2H3,(H,22,23). The van der Waals surface area contributed by atoms with Crippen LogP contribution in [0.2, 0.25) is 0 Å². The second-order valence-electron chi connectivity index (χ2n) is 7.85. The van der Waals surface area contributed by atoms with E-state index in [1.165, 1.54) is 0 Å². The normalized spacial score (nSPS) is 15.9. The Hall–Kier alpha value is -4.28. The van der Waals surface area contributed by atoms with Gasteiger partial charge in [0, 0.05) is 38.1 Å². The van der Waals surface area contributed by atoms with Crippen LogP contribution in [0.5, 0.6) is 0 Å². The molecule has 0 fully saturated rings. The van der Waals surface area contributed by atoms with E-state index >= 15 is 0 Å². The summed E-state index contributed by atoms with van der Waals surface area (Å²) in [4.78, 5) is 22.8. The van der Waals surface area contributed by atoms with E-state index in [1.54, 1.807) is 39.7 Å². The summed E-state index contributed by atoms with van der Waals surface area (Å²) in [7, 11) is 1.79. The Morgan fingerprint density at radius 3 is 2.94 bits per heavy atom. The lowest BCUT2D eigenvalue weighted by Crippen LogP contribution is -2.41. The lowest BCUT2D eigenvalue weighted by molar-refractivity contribution is 0.0646. The average Bonchev–Trinajstić information content (AvgIpc) is 3.57. The molecule has 6 rings (SSSR count). The van der Waals surface area contributed by atoms with Crippen molar-refractivity contribution in [1.82, 2.24) is 44.5 Å². The molecule has 11 nitrogen and oxygen atoms in total. The first-order valence-corrected chi connectivity index (χ1v) is 10.2. The van der Waals surface area contributed by atoms with Gasteiger partial charge in [-0.3, -0.25) is 9.48 Å². The molecule has 0 spiro atoms. The number of pyridine rings is 1. The minimum atomic E-state index is -0.470. The third kappa shape index (κ3) is 2.89. The number of rotatable bonds is 3. The zero-order chi connectivity index (χ0) is 21.8. The van der Waals surface area contributed by atoms with Crippen LogP contribution in [-0.2, 0) is 13.5 Å². The van der Waals surface area contributed by atoms with Gasteiger partial charge in [-0.25, -0.2) is 9.50 Å². The van der Waals surface area contributed by atoms with E-state index in [0.29, 0.717) is 18.7 Å². The molecule has 0 saturated carbocycles. The van der Waals surface area contributed by atoms with E-state index in [-0.39, 0.29) is 17.7 Å². The Morgan fingerprint density at radius 2 is 2.09 bits per heavy atom. The number of aromatic amines is 1. The lowest BCUT2D eigenvalue weighted by atomic mass is 9.99. The van der Waals surface area contributed by atoms with Crippen molar-refractivity contribution in [3.8, 4) is 11.6 Å². The van der Waals surface area contributed by atoms with Crippen LogP contribution in [0, 0.1) is 6.92 Å². The van der Waals surface area contributed by atoms with Gasteiger partial charge in [-0.15, -0.1) is 10.2 Å². The van der Waals surface area contributed by atoms with E-state index in [4.69, 9.17) is 9.52 Å².